The highest BCUT2D eigenvalue weighted by Gasteiger charge is 2.31. The molecule has 2 aromatic heterocycles. The van der Waals surface area contributed by atoms with Crippen molar-refractivity contribution in [3.63, 3.8) is 0 Å². The highest BCUT2D eigenvalue weighted by molar-refractivity contribution is 6.05. The predicted octanol–water partition coefficient (Wildman–Crippen LogP) is 3.90. The molecule has 1 aliphatic rings. The van der Waals surface area contributed by atoms with Gasteiger partial charge in [-0.05, 0) is 29.3 Å². The van der Waals surface area contributed by atoms with Gasteiger partial charge in [-0.1, -0.05) is 36.4 Å². The van der Waals surface area contributed by atoms with Gasteiger partial charge in [0.15, 0.2) is 5.69 Å². The summed E-state index contributed by atoms with van der Waals surface area (Å²) in [7, 11) is 1.57. The van der Waals surface area contributed by atoms with E-state index in [1.54, 1.807) is 19.4 Å². The van der Waals surface area contributed by atoms with Crippen molar-refractivity contribution in [1.29, 1.82) is 0 Å². The van der Waals surface area contributed by atoms with Crippen LogP contribution in [0, 0.1) is 0 Å². The van der Waals surface area contributed by atoms with E-state index in [4.69, 9.17) is 4.84 Å². The monoisotopic (exact) mass is 442 g/mol. The molecule has 0 saturated carbocycles. The first kappa shape index (κ1) is 20.7. The van der Waals surface area contributed by atoms with Crippen molar-refractivity contribution in [3.8, 4) is 11.1 Å². The fourth-order valence-electron chi connectivity index (χ4n) is 3.98. The molecular weight excluding hydrogens is 420 g/mol. The number of aromatic amines is 1. The summed E-state index contributed by atoms with van der Waals surface area (Å²) in [5.74, 6) is -0.252. The van der Waals surface area contributed by atoms with E-state index >= 15 is 0 Å². The first-order chi connectivity index (χ1) is 16.1. The molecule has 9 nitrogen and oxygen atoms in total. The number of rotatable bonds is 4. The van der Waals surface area contributed by atoms with Crippen LogP contribution < -0.4 is 10.6 Å². The summed E-state index contributed by atoms with van der Waals surface area (Å²) in [5, 5.41) is 14.6. The molecule has 4 aromatic rings. The molecule has 1 saturated heterocycles. The third-order valence-electron chi connectivity index (χ3n) is 5.62. The van der Waals surface area contributed by atoms with Crippen molar-refractivity contribution in [1.82, 2.24) is 25.6 Å². The summed E-state index contributed by atoms with van der Waals surface area (Å²) in [4.78, 5) is 34.8. The topological polar surface area (TPSA) is 112 Å². The minimum Gasteiger partial charge on any atom is -0.354 e. The van der Waals surface area contributed by atoms with Gasteiger partial charge < -0.3 is 10.6 Å². The minimum absolute atomic E-state index is 0.139. The highest BCUT2D eigenvalue weighted by atomic mass is 16.7. The molecule has 0 aliphatic carbocycles. The van der Waals surface area contributed by atoms with Crippen molar-refractivity contribution in [2.24, 2.45) is 0 Å². The maximum Gasteiger partial charge on any atom is 0.346 e. The Hall–Kier alpha value is -4.24. The largest absolute Gasteiger partial charge is 0.354 e. The molecular formula is C24H22N6O3. The van der Waals surface area contributed by atoms with Crippen LogP contribution in [0.5, 0.6) is 0 Å². The lowest BCUT2D eigenvalue weighted by molar-refractivity contribution is -0.0829. The van der Waals surface area contributed by atoms with Crippen molar-refractivity contribution in [2.45, 2.75) is 12.5 Å². The zero-order chi connectivity index (χ0) is 22.8. The molecule has 33 heavy (non-hydrogen) atoms. The Labute approximate surface area is 189 Å². The Morgan fingerprint density at radius 2 is 1.94 bits per heavy atom. The molecule has 0 spiro atoms. The third kappa shape index (κ3) is 4.01. The molecule has 2 aromatic carbocycles. The van der Waals surface area contributed by atoms with Gasteiger partial charge in [0.1, 0.15) is 0 Å². The molecule has 3 N–H and O–H groups in total. The number of nitrogens with one attached hydrogen (secondary N) is 3. The number of hydrogen-bond acceptors (Lipinski definition) is 5. The van der Waals surface area contributed by atoms with E-state index < -0.39 is 0 Å². The average Bonchev–Trinajstić information content (AvgIpc) is 3.51. The van der Waals surface area contributed by atoms with Gasteiger partial charge in [-0.3, -0.25) is 19.7 Å². The summed E-state index contributed by atoms with van der Waals surface area (Å²) < 4.78 is 0. The molecule has 166 valence electrons. The zero-order valence-electron chi connectivity index (χ0n) is 17.9. The fraction of sp³-hybridized carbons (Fsp3) is 0.167. The van der Waals surface area contributed by atoms with E-state index in [0.717, 1.165) is 34.0 Å². The zero-order valence-corrected chi connectivity index (χ0v) is 17.9. The summed E-state index contributed by atoms with van der Waals surface area (Å²) in [6.45, 7) is 0.480. The van der Waals surface area contributed by atoms with Crippen molar-refractivity contribution >= 4 is 28.5 Å². The number of carbonyl (C=O) groups excluding carboxylic acids is 2. The number of aromatic nitrogens is 3. The maximum absolute atomic E-state index is 12.9. The van der Waals surface area contributed by atoms with Gasteiger partial charge in [-0.15, -0.1) is 0 Å². The molecule has 1 fully saturated rings. The van der Waals surface area contributed by atoms with Crippen LogP contribution in [0.2, 0.25) is 0 Å². The number of benzene rings is 2. The Bertz CT molecular complexity index is 1320. The number of H-pyrrole nitrogens is 1. The molecule has 1 aliphatic heterocycles. The second kappa shape index (κ2) is 8.71. The van der Waals surface area contributed by atoms with Crippen LogP contribution in [0.4, 0.5) is 10.5 Å². The Morgan fingerprint density at radius 1 is 1.09 bits per heavy atom. The third-order valence-corrected chi connectivity index (χ3v) is 5.62. The molecule has 9 heteroatoms. The number of fused-ring (bicyclic) bond motifs is 1. The summed E-state index contributed by atoms with van der Waals surface area (Å²) in [6.07, 6.45) is 4.04. The van der Waals surface area contributed by atoms with Crippen LogP contribution in [-0.2, 0) is 4.84 Å². The molecule has 5 rings (SSSR count). The highest BCUT2D eigenvalue weighted by Crippen LogP contribution is 2.31. The van der Waals surface area contributed by atoms with Crippen molar-refractivity contribution < 1.29 is 14.4 Å². The lowest BCUT2D eigenvalue weighted by Crippen LogP contribution is -2.33. The number of anilines is 1. The second-order valence-electron chi connectivity index (χ2n) is 7.68. The predicted molar refractivity (Wildman–Crippen MR) is 123 cm³/mol. The van der Waals surface area contributed by atoms with Gasteiger partial charge in [0.25, 0.3) is 5.91 Å². The Kier molecular flexibility index (Phi) is 5.45. The summed E-state index contributed by atoms with van der Waals surface area (Å²) in [5.41, 5.74) is 4.34. The summed E-state index contributed by atoms with van der Waals surface area (Å²) in [6, 6.07) is 16.8. The number of urea groups is 1. The van der Waals surface area contributed by atoms with E-state index in [1.807, 2.05) is 54.6 Å². The average molecular weight is 442 g/mol. The number of hydrogen-bond donors (Lipinski definition) is 3. The van der Waals surface area contributed by atoms with E-state index in [0.29, 0.717) is 18.0 Å². The first-order valence-corrected chi connectivity index (χ1v) is 10.6. The Balaban J connectivity index is 1.36. The smallest absolute Gasteiger partial charge is 0.346 e. The number of carbonyl (C=O) groups is 2. The van der Waals surface area contributed by atoms with E-state index in [2.05, 4.69) is 25.8 Å². The second-order valence-corrected chi connectivity index (χ2v) is 7.68. The quantitative estimate of drug-likeness (QED) is 0.444. The lowest BCUT2D eigenvalue weighted by atomic mass is 10.0. The normalized spacial score (nSPS) is 15.5. The minimum atomic E-state index is -0.348. The molecule has 0 radical (unpaired) electrons. The molecule has 1 atom stereocenters. The maximum atomic E-state index is 12.9. The van der Waals surface area contributed by atoms with Crippen LogP contribution in [0.15, 0.2) is 67.0 Å². The van der Waals surface area contributed by atoms with Crippen LogP contribution in [-0.4, -0.2) is 45.8 Å². The van der Waals surface area contributed by atoms with E-state index in [1.165, 1.54) is 5.06 Å². The van der Waals surface area contributed by atoms with E-state index in [-0.39, 0.29) is 18.0 Å². The lowest BCUT2D eigenvalue weighted by Gasteiger charge is -2.23. The van der Waals surface area contributed by atoms with Gasteiger partial charge in [0.2, 0.25) is 0 Å². The van der Waals surface area contributed by atoms with Crippen LogP contribution >= 0.6 is 0 Å². The number of nitrogens with zero attached hydrogens (tertiary/aromatic N) is 3. The van der Waals surface area contributed by atoms with Crippen LogP contribution in [0.25, 0.3) is 22.0 Å². The molecule has 1 unspecified atom stereocenters. The SMILES string of the molecule is CNC(=O)c1n[nH]c2cc(-c3cncc(NC(=O)N4OCCC4c4ccccc4)c3)ccc12. The van der Waals surface area contributed by atoms with Gasteiger partial charge in [-0.25, -0.2) is 4.79 Å². The Morgan fingerprint density at radius 3 is 2.76 bits per heavy atom. The molecule has 0 bridgehead atoms. The van der Waals surface area contributed by atoms with Crippen LogP contribution in [0.3, 0.4) is 0 Å². The van der Waals surface area contributed by atoms with Gasteiger partial charge in [-0.2, -0.15) is 10.2 Å². The number of hydroxylamine groups is 2. The first-order valence-electron chi connectivity index (χ1n) is 10.6. The van der Waals surface area contributed by atoms with Crippen molar-refractivity contribution in [3.05, 3.63) is 78.2 Å². The fourth-order valence-corrected chi connectivity index (χ4v) is 3.98. The van der Waals surface area contributed by atoms with Crippen LogP contribution in [0.1, 0.15) is 28.5 Å². The standard InChI is InChI=1S/C24H22N6O3/c1-25-23(31)22-19-8-7-16(12-20(19)28-29-22)17-11-18(14-26-13-17)27-24(32)30-21(9-10-33-30)15-5-3-2-4-6-15/h2-8,11-14,21H,9-10H2,1H3,(H,25,31)(H,27,32)(H,28,29). The van der Waals surface area contributed by atoms with Gasteiger partial charge in [0.05, 0.1) is 30.0 Å². The van der Waals surface area contributed by atoms with Crippen molar-refractivity contribution in [2.75, 3.05) is 19.0 Å². The van der Waals surface area contributed by atoms with Gasteiger partial charge in [0, 0.05) is 30.6 Å². The number of amides is 3. The molecule has 3 heterocycles. The molecule has 3 amide bonds. The summed E-state index contributed by atoms with van der Waals surface area (Å²) >= 11 is 0. The van der Waals surface area contributed by atoms with E-state index in [9.17, 15) is 9.59 Å². The number of pyridine rings is 1. The van der Waals surface area contributed by atoms with Gasteiger partial charge >= 0.3 is 6.03 Å².